The first-order valence-corrected chi connectivity index (χ1v) is 33.8. The van der Waals surface area contributed by atoms with E-state index in [9.17, 15) is 19.5 Å². The van der Waals surface area contributed by atoms with Crippen LogP contribution in [0.3, 0.4) is 0 Å². The monoisotopic (exact) mass is 1660 g/mol. The van der Waals surface area contributed by atoms with E-state index in [1.807, 2.05) is 126 Å². The maximum absolute atomic E-state index is 13.0. The molecule has 3 unspecified atom stereocenters. The fourth-order valence-electron chi connectivity index (χ4n) is 9.44. The summed E-state index contributed by atoms with van der Waals surface area (Å²) in [7, 11) is 4.71. The van der Waals surface area contributed by atoms with Gasteiger partial charge in [0.05, 0.1) is 34.5 Å². The second kappa shape index (κ2) is 38.6. The number of alkyl halides is 1. The number of nitrogens with zero attached hydrogens (tertiary/aromatic N) is 9. The quantitative estimate of drug-likeness (QED) is 0.0321. The van der Waals surface area contributed by atoms with E-state index in [-0.39, 0.29) is 59.8 Å². The largest absolute Gasteiger partial charge is 1.00 e. The van der Waals surface area contributed by atoms with Gasteiger partial charge in [-0.1, -0.05) is 165 Å². The van der Waals surface area contributed by atoms with Crippen LogP contribution in [0.15, 0.2) is 214 Å². The molecule has 0 aliphatic heterocycles. The van der Waals surface area contributed by atoms with Crippen molar-refractivity contribution in [3.63, 3.8) is 0 Å². The van der Waals surface area contributed by atoms with Crippen molar-refractivity contribution in [3.05, 3.63) is 230 Å². The van der Waals surface area contributed by atoms with Crippen LogP contribution in [0.4, 0.5) is 0 Å². The normalized spacial score (nSPS) is 11.8. The van der Waals surface area contributed by atoms with Crippen LogP contribution in [0.25, 0.3) is 50.2 Å². The van der Waals surface area contributed by atoms with E-state index in [0.717, 1.165) is 35.5 Å². The number of methoxy groups -OCH3 is 3. The molecule has 9 aromatic carbocycles. The standard InChI is InChI=1S/C24H22BrN3O4.C23H20BrN3O4.C22H18BrN3O4.CH3I.3CH4.Li.H2O/c1-4-31-23(29)24(2,16-9-11-17(25)12-10-16)32-22-14-13-18(30-3)15-21(22)28-26-19-7-5-6-8-20(19)27-28;1-3-30-23(28)22(15-8-10-16(24)11-9-15)31-21-13-12-17(29-2)14-20(21)27-25-18-6-4-5-7-19(18)26-27;1-22(21(27)28,14-7-9-15(23)10-8-14)30-20-12-11-16(29-2)13-19(20)26-24-17-5-3-4-6-18(17)25-26;1-2;;;;;/h5-15H,4H2,1-3H3;4-14,22H,3H2,1-2H3;3-13H,1-2H3,(H,27,28);1H3;3*1H4;;1H2/q;;;;;;;+1;/p-1. The summed E-state index contributed by atoms with van der Waals surface area (Å²) in [5.41, 5.74) is 4.72. The van der Waals surface area contributed by atoms with Gasteiger partial charge in [0.15, 0.2) is 0 Å². The number of hydrogen-bond acceptors (Lipinski definition) is 18. The average molecular weight is 1660 g/mol. The van der Waals surface area contributed by atoms with Gasteiger partial charge in [0.2, 0.25) is 17.3 Å². The number of carboxylic acid groups (broad SMARTS) is 1. The van der Waals surface area contributed by atoms with Crippen LogP contribution in [-0.4, -0.2) is 113 Å². The summed E-state index contributed by atoms with van der Waals surface area (Å²) in [4.78, 5) is 44.3. The molecule has 27 heteroatoms. The molecule has 3 atom stereocenters. The molecule has 0 spiro atoms. The Balaban J connectivity index is 0.000000307. The van der Waals surface area contributed by atoms with Crippen molar-refractivity contribution in [3.8, 4) is 51.6 Å². The van der Waals surface area contributed by atoms with E-state index in [2.05, 4.69) is 101 Å². The summed E-state index contributed by atoms with van der Waals surface area (Å²) in [5.74, 6) is 0.822. The van der Waals surface area contributed by atoms with E-state index in [0.29, 0.717) is 79.3 Å². The molecule has 0 saturated carbocycles. The second-order valence-electron chi connectivity index (χ2n) is 20.5. The molecule has 0 aliphatic carbocycles. The Hall–Kier alpha value is -8.88. The Morgan fingerprint density at radius 3 is 1.08 bits per heavy atom. The number of carbonyl (C=O) groups excluding carboxylic acids is 2. The Kier molecular flexibility index (Phi) is 32.3. The fraction of sp³-hybridized carbons (Fsp3) is 0.219. The molecule has 520 valence electrons. The third-order valence-corrected chi connectivity index (χ3v) is 16.0. The molecule has 12 aromatic rings. The molecule has 22 nitrogen and oxygen atoms in total. The number of esters is 2. The van der Waals surface area contributed by atoms with Crippen molar-refractivity contribution >= 4 is 121 Å². The molecule has 0 radical (unpaired) electrons. The molecule has 0 saturated heterocycles. The molecule has 3 aromatic heterocycles. The van der Waals surface area contributed by atoms with Gasteiger partial charge in [0, 0.05) is 48.3 Å². The van der Waals surface area contributed by atoms with Crippen molar-refractivity contribution in [1.82, 2.24) is 45.0 Å². The van der Waals surface area contributed by atoms with Crippen LogP contribution in [0.2, 0.25) is 0 Å². The molecule has 3 heterocycles. The first kappa shape index (κ1) is 83.5. The number of aromatic nitrogens is 9. The van der Waals surface area contributed by atoms with Crippen LogP contribution in [0.1, 0.15) is 72.8 Å². The topological polar surface area (TPSA) is 267 Å². The number of benzene rings is 9. The van der Waals surface area contributed by atoms with Crippen LogP contribution in [0, 0.1) is 0 Å². The minimum absolute atomic E-state index is 0. The van der Waals surface area contributed by atoms with Gasteiger partial charge in [0.25, 0.3) is 0 Å². The Morgan fingerprint density at radius 2 is 0.760 bits per heavy atom. The number of aliphatic carboxylic acids is 1. The molecule has 2 N–H and O–H groups in total. The summed E-state index contributed by atoms with van der Waals surface area (Å²) in [6.45, 7) is 7.20. The zero-order valence-corrected chi connectivity index (χ0v) is 60.9. The SMILES string of the molecule is C.C.C.CCOC(=O)C(C)(Oc1ccc(OC)cc1-n1nc2ccccc2n1)c1ccc(Br)cc1.CCOC(=O)C(Oc1ccc(OC)cc1-n1nc2ccccc2n1)c1ccc(Br)cc1.CI.COc1ccc(OC(C)(C(=O)O)c2ccc(Br)cc2)c(-n2nc3ccccc3n2)c1.[Li+].[OH-]. The summed E-state index contributed by atoms with van der Waals surface area (Å²) in [6.07, 6.45) is -0.954. The predicted molar refractivity (Wildman–Crippen MR) is 401 cm³/mol. The second-order valence-corrected chi connectivity index (χ2v) is 23.3. The van der Waals surface area contributed by atoms with Crippen molar-refractivity contribution in [2.75, 3.05) is 39.5 Å². The summed E-state index contributed by atoms with van der Waals surface area (Å²) in [6, 6.07) is 59.8. The zero-order chi connectivity index (χ0) is 67.8. The fourth-order valence-corrected chi connectivity index (χ4v) is 10.2. The van der Waals surface area contributed by atoms with E-state index < -0.39 is 35.2 Å². The van der Waals surface area contributed by atoms with E-state index in [1.54, 1.807) is 121 Å². The molecule has 0 amide bonds. The number of fused-ring (bicyclic) bond motifs is 3. The van der Waals surface area contributed by atoms with Crippen molar-refractivity contribution in [2.24, 2.45) is 0 Å². The zero-order valence-electron chi connectivity index (χ0n) is 54.0. The molecule has 0 fully saturated rings. The van der Waals surface area contributed by atoms with Gasteiger partial charge >= 0.3 is 36.8 Å². The molecule has 0 bridgehead atoms. The number of rotatable bonds is 20. The summed E-state index contributed by atoms with van der Waals surface area (Å²) < 4.78 is 48.0. The molecular weight excluding hydrogens is 1580 g/mol. The van der Waals surface area contributed by atoms with E-state index in [4.69, 9.17) is 37.9 Å². The molecular formula is C73H76Br3ILiN9O13. The van der Waals surface area contributed by atoms with Crippen LogP contribution >= 0.6 is 70.4 Å². The predicted octanol–water partition coefficient (Wildman–Crippen LogP) is 14.3. The Labute approximate surface area is 631 Å². The van der Waals surface area contributed by atoms with Crippen LogP contribution in [0.5, 0.6) is 34.5 Å². The average Bonchev–Trinajstić information content (AvgIpc) is 0.977. The van der Waals surface area contributed by atoms with Gasteiger partial charge in [-0.15, -0.1) is 45.0 Å². The maximum atomic E-state index is 13.0. The third-order valence-electron chi connectivity index (χ3n) is 14.4. The molecule has 0 aliphatic rings. The van der Waals surface area contributed by atoms with Gasteiger partial charge in [-0.2, -0.15) is 0 Å². The molecule has 12 rings (SSSR count). The Bertz CT molecular complexity index is 4530. The first-order valence-electron chi connectivity index (χ1n) is 29.2. The number of hydrogen-bond donors (Lipinski definition) is 1. The number of carboxylic acids is 1. The van der Waals surface area contributed by atoms with Gasteiger partial charge in [-0.25, -0.2) is 14.4 Å². The van der Waals surface area contributed by atoms with E-state index in [1.165, 1.54) is 21.3 Å². The summed E-state index contributed by atoms with van der Waals surface area (Å²) in [5, 5.41) is 37.2. The minimum Gasteiger partial charge on any atom is -0.870 e. The number of ether oxygens (including phenoxy) is 8. The van der Waals surface area contributed by atoms with Gasteiger partial charge in [-0.3, -0.25) is 0 Å². The number of carbonyl (C=O) groups is 3. The van der Waals surface area contributed by atoms with Crippen LogP contribution < -0.4 is 47.3 Å². The van der Waals surface area contributed by atoms with Gasteiger partial charge < -0.3 is 48.5 Å². The Morgan fingerprint density at radius 1 is 0.460 bits per heavy atom. The van der Waals surface area contributed by atoms with Crippen molar-refractivity contribution < 1.29 is 81.7 Å². The van der Waals surface area contributed by atoms with Crippen molar-refractivity contribution in [2.45, 2.75) is 67.3 Å². The van der Waals surface area contributed by atoms with Crippen LogP contribution in [-0.2, 0) is 35.1 Å². The third kappa shape index (κ3) is 19.8. The maximum Gasteiger partial charge on any atom is 1.00 e. The summed E-state index contributed by atoms with van der Waals surface area (Å²) >= 11 is 12.4. The smallest absolute Gasteiger partial charge is 0.870 e. The van der Waals surface area contributed by atoms with Gasteiger partial charge in [0.1, 0.15) is 84.7 Å². The minimum atomic E-state index is -1.63. The molecule has 100 heavy (non-hydrogen) atoms. The van der Waals surface area contributed by atoms with E-state index >= 15 is 0 Å². The number of halogens is 4. The first-order chi connectivity index (χ1) is 45.9. The van der Waals surface area contributed by atoms with Crippen molar-refractivity contribution in [1.29, 1.82) is 0 Å². The van der Waals surface area contributed by atoms with Gasteiger partial charge in [-0.05, 0) is 142 Å².